The van der Waals surface area contributed by atoms with Gasteiger partial charge in [0.25, 0.3) is 0 Å². The highest BCUT2D eigenvalue weighted by Crippen LogP contribution is 2.26. The van der Waals surface area contributed by atoms with Crippen LogP contribution in [-0.2, 0) is 6.54 Å². The zero-order valence-corrected chi connectivity index (χ0v) is 13.7. The van der Waals surface area contributed by atoms with Crippen LogP contribution >= 0.6 is 0 Å². The number of pyridine rings is 1. The number of benzene rings is 2. The minimum Gasteiger partial charge on any atom is -0.396 e. The SMILES string of the molecule is Cc1ccc2nc(-c3ccc(F)cc3)c(CNCCCO)cc2c1. The molecule has 24 heavy (non-hydrogen) atoms. The van der Waals surface area contributed by atoms with Gasteiger partial charge in [0.05, 0.1) is 11.2 Å². The summed E-state index contributed by atoms with van der Waals surface area (Å²) < 4.78 is 13.2. The summed E-state index contributed by atoms with van der Waals surface area (Å²) >= 11 is 0. The second-order valence-corrected chi connectivity index (χ2v) is 5.95. The molecule has 2 aromatic carbocycles. The third-order valence-corrected chi connectivity index (χ3v) is 3.99. The molecule has 0 unspecified atom stereocenters. The third-order valence-electron chi connectivity index (χ3n) is 3.99. The number of nitrogens with zero attached hydrogens (tertiary/aromatic N) is 1. The topological polar surface area (TPSA) is 45.2 Å². The van der Waals surface area contributed by atoms with Crippen molar-refractivity contribution in [3.8, 4) is 11.3 Å². The molecule has 0 spiro atoms. The summed E-state index contributed by atoms with van der Waals surface area (Å²) in [5.41, 5.74) is 4.95. The first kappa shape index (κ1) is 16.6. The Morgan fingerprint density at radius 2 is 1.88 bits per heavy atom. The molecule has 1 heterocycles. The second kappa shape index (κ2) is 7.51. The number of nitrogens with one attached hydrogen (secondary N) is 1. The molecule has 0 aliphatic carbocycles. The van der Waals surface area contributed by atoms with E-state index in [0.717, 1.165) is 34.3 Å². The summed E-state index contributed by atoms with van der Waals surface area (Å²) in [6.45, 7) is 3.63. The van der Waals surface area contributed by atoms with Gasteiger partial charge in [0.1, 0.15) is 5.82 Å². The molecule has 0 amide bonds. The Bertz CT molecular complexity index is 831. The smallest absolute Gasteiger partial charge is 0.123 e. The monoisotopic (exact) mass is 324 g/mol. The number of rotatable bonds is 6. The first-order chi connectivity index (χ1) is 11.7. The van der Waals surface area contributed by atoms with Gasteiger partial charge in [0.15, 0.2) is 0 Å². The van der Waals surface area contributed by atoms with Gasteiger partial charge in [-0.2, -0.15) is 0 Å². The van der Waals surface area contributed by atoms with E-state index in [2.05, 4.69) is 24.4 Å². The number of aliphatic hydroxyl groups is 1. The molecule has 0 saturated heterocycles. The number of aromatic nitrogens is 1. The van der Waals surface area contributed by atoms with Crippen LogP contribution in [0.25, 0.3) is 22.2 Å². The molecule has 0 radical (unpaired) electrons. The van der Waals surface area contributed by atoms with Crippen molar-refractivity contribution >= 4 is 10.9 Å². The van der Waals surface area contributed by atoms with Crippen molar-refractivity contribution < 1.29 is 9.50 Å². The van der Waals surface area contributed by atoms with Gasteiger partial charge < -0.3 is 10.4 Å². The third kappa shape index (κ3) is 3.78. The molecule has 0 atom stereocenters. The van der Waals surface area contributed by atoms with Crippen LogP contribution in [0.5, 0.6) is 0 Å². The fourth-order valence-corrected chi connectivity index (χ4v) is 2.76. The van der Waals surface area contributed by atoms with E-state index in [0.29, 0.717) is 13.0 Å². The molecule has 4 heteroatoms. The van der Waals surface area contributed by atoms with Crippen molar-refractivity contribution in [1.82, 2.24) is 10.3 Å². The molecule has 0 fully saturated rings. The Kier molecular flexibility index (Phi) is 5.18. The summed E-state index contributed by atoms with van der Waals surface area (Å²) in [6.07, 6.45) is 0.714. The van der Waals surface area contributed by atoms with Crippen LogP contribution in [-0.4, -0.2) is 23.2 Å². The van der Waals surface area contributed by atoms with Gasteiger partial charge in [-0.25, -0.2) is 9.37 Å². The molecule has 3 rings (SSSR count). The lowest BCUT2D eigenvalue weighted by molar-refractivity contribution is 0.286. The number of hydrogen-bond donors (Lipinski definition) is 2. The number of halogens is 1. The first-order valence-corrected chi connectivity index (χ1v) is 8.15. The van der Waals surface area contributed by atoms with E-state index in [1.807, 2.05) is 12.1 Å². The molecule has 124 valence electrons. The van der Waals surface area contributed by atoms with Crippen molar-refractivity contribution in [3.63, 3.8) is 0 Å². The van der Waals surface area contributed by atoms with E-state index in [1.165, 1.54) is 17.7 Å². The highest BCUT2D eigenvalue weighted by molar-refractivity contribution is 5.84. The summed E-state index contributed by atoms with van der Waals surface area (Å²) in [6, 6.07) is 14.8. The van der Waals surface area contributed by atoms with E-state index in [1.54, 1.807) is 12.1 Å². The van der Waals surface area contributed by atoms with Crippen molar-refractivity contribution in [3.05, 3.63) is 65.5 Å². The van der Waals surface area contributed by atoms with Gasteiger partial charge in [-0.15, -0.1) is 0 Å². The molecule has 0 aliphatic rings. The predicted molar refractivity (Wildman–Crippen MR) is 95.3 cm³/mol. The van der Waals surface area contributed by atoms with Crippen LogP contribution in [0.15, 0.2) is 48.5 Å². The average Bonchev–Trinajstić information content (AvgIpc) is 2.59. The molecular weight excluding hydrogens is 303 g/mol. The lowest BCUT2D eigenvalue weighted by Crippen LogP contribution is -2.16. The van der Waals surface area contributed by atoms with Crippen LogP contribution < -0.4 is 5.32 Å². The van der Waals surface area contributed by atoms with Gasteiger partial charge in [0, 0.05) is 24.1 Å². The Balaban J connectivity index is 2.02. The minimum absolute atomic E-state index is 0.174. The standard InChI is InChI=1S/C20H21FN2O/c1-14-3-8-19-16(11-14)12-17(13-22-9-2-10-24)20(23-19)15-4-6-18(21)7-5-15/h3-8,11-12,22,24H,2,9-10,13H2,1H3. The van der Waals surface area contributed by atoms with Crippen molar-refractivity contribution in [2.45, 2.75) is 19.9 Å². The zero-order chi connectivity index (χ0) is 16.9. The van der Waals surface area contributed by atoms with Crippen molar-refractivity contribution in [2.24, 2.45) is 0 Å². The lowest BCUT2D eigenvalue weighted by Gasteiger charge is -2.12. The summed E-state index contributed by atoms with van der Waals surface area (Å²) in [5.74, 6) is -0.252. The molecule has 3 nitrogen and oxygen atoms in total. The quantitative estimate of drug-likeness (QED) is 0.678. The highest BCUT2D eigenvalue weighted by Gasteiger charge is 2.10. The van der Waals surface area contributed by atoms with E-state index in [9.17, 15) is 4.39 Å². The number of aliphatic hydroxyl groups excluding tert-OH is 1. The number of aryl methyl sites for hydroxylation is 1. The van der Waals surface area contributed by atoms with Crippen LogP contribution in [0.3, 0.4) is 0 Å². The fourth-order valence-electron chi connectivity index (χ4n) is 2.76. The Labute approximate surface area is 141 Å². The largest absolute Gasteiger partial charge is 0.396 e. The lowest BCUT2D eigenvalue weighted by atomic mass is 10.0. The van der Waals surface area contributed by atoms with E-state index in [-0.39, 0.29) is 12.4 Å². The van der Waals surface area contributed by atoms with Gasteiger partial charge in [0.2, 0.25) is 0 Å². The maximum Gasteiger partial charge on any atom is 0.123 e. The Morgan fingerprint density at radius 1 is 1.08 bits per heavy atom. The molecule has 0 saturated carbocycles. The maximum absolute atomic E-state index is 13.2. The van der Waals surface area contributed by atoms with Gasteiger partial charge in [-0.3, -0.25) is 0 Å². The fraction of sp³-hybridized carbons (Fsp3) is 0.250. The van der Waals surface area contributed by atoms with Crippen molar-refractivity contribution in [2.75, 3.05) is 13.2 Å². The molecule has 3 aromatic rings. The normalized spacial score (nSPS) is 11.1. The molecular formula is C20H21FN2O. The predicted octanol–water partition coefficient (Wildman–Crippen LogP) is 3.82. The molecule has 2 N–H and O–H groups in total. The summed E-state index contributed by atoms with van der Waals surface area (Å²) in [4.78, 5) is 4.80. The molecule has 1 aromatic heterocycles. The Hall–Kier alpha value is -2.30. The van der Waals surface area contributed by atoms with Crippen molar-refractivity contribution in [1.29, 1.82) is 0 Å². The summed E-state index contributed by atoms with van der Waals surface area (Å²) in [5, 5.41) is 13.3. The average molecular weight is 324 g/mol. The molecule has 0 aliphatic heterocycles. The second-order valence-electron chi connectivity index (χ2n) is 5.95. The minimum atomic E-state index is -0.252. The number of fused-ring (bicyclic) bond motifs is 1. The van der Waals surface area contributed by atoms with E-state index < -0.39 is 0 Å². The van der Waals surface area contributed by atoms with Crippen LogP contribution in [0.4, 0.5) is 4.39 Å². The van der Waals surface area contributed by atoms with E-state index in [4.69, 9.17) is 10.1 Å². The number of hydrogen-bond acceptors (Lipinski definition) is 3. The Morgan fingerprint density at radius 3 is 2.62 bits per heavy atom. The highest BCUT2D eigenvalue weighted by atomic mass is 19.1. The van der Waals surface area contributed by atoms with Gasteiger partial charge in [-0.1, -0.05) is 11.6 Å². The maximum atomic E-state index is 13.2. The summed E-state index contributed by atoms with van der Waals surface area (Å²) in [7, 11) is 0. The van der Waals surface area contributed by atoms with Gasteiger partial charge >= 0.3 is 0 Å². The molecule has 0 bridgehead atoms. The van der Waals surface area contributed by atoms with Crippen LogP contribution in [0.2, 0.25) is 0 Å². The van der Waals surface area contributed by atoms with Crippen LogP contribution in [0, 0.1) is 12.7 Å². The first-order valence-electron chi connectivity index (χ1n) is 8.15. The van der Waals surface area contributed by atoms with E-state index >= 15 is 0 Å². The van der Waals surface area contributed by atoms with Gasteiger partial charge in [-0.05, 0) is 67.9 Å². The van der Waals surface area contributed by atoms with Crippen LogP contribution in [0.1, 0.15) is 17.5 Å². The zero-order valence-electron chi connectivity index (χ0n) is 13.7.